The summed E-state index contributed by atoms with van der Waals surface area (Å²) >= 11 is 0. The predicted molar refractivity (Wildman–Crippen MR) is 32.5 cm³/mol. The molecule has 2 N–H and O–H groups in total. The molecular weight excluding hydrogens is 86.1 g/mol. The predicted octanol–water partition coefficient (Wildman–Crippen LogP) is 1.46. The molecule has 0 spiro atoms. The fraction of sp³-hybridized carbons (Fsp3) is 0.500. The van der Waals surface area contributed by atoms with Gasteiger partial charge in [-0.25, -0.2) is 0 Å². The SMILES string of the molecule is [CH2]CCCC=CN. The summed E-state index contributed by atoms with van der Waals surface area (Å²) in [6.07, 6.45) is 6.75. The van der Waals surface area contributed by atoms with Gasteiger partial charge in [-0.05, 0) is 19.0 Å². The van der Waals surface area contributed by atoms with Gasteiger partial charge in [0.1, 0.15) is 0 Å². The van der Waals surface area contributed by atoms with E-state index in [0.717, 1.165) is 19.3 Å². The van der Waals surface area contributed by atoms with Gasteiger partial charge in [-0.15, -0.1) is 0 Å². The molecule has 0 fully saturated rings. The lowest BCUT2D eigenvalue weighted by molar-refractivity contribution is 0.864. The van der Waals surface area contributed by atoms with Crippen LogP contribution >= 0.6 is 0 Å². The molecular formula is C6H12N. The molecule has 1 nitrogen and oxygen atoms in total. The first-order valence-corrected chi connectivity index (χ1v) is 2.57. The highest BCUT2D eigenvalue weighted by molar-refractivity contribution is 4.74. The molecule has 0 saturated carbocycles. The summed E-state index contributed by atoms with van der Waals surface area (Å²) < 4.78 is 0. The summed E-state index contributed by atoms with van der Waals surface area (Å²) in [5, 5.41) is 0. The van der Waals surface area contributed by atoms with E-state index in [-0.39, 0.29) is 0 Å². The van der Waals surface area contributed by atoms with E-state index in [1.54, 1.807) is 6.20 Å². The lowest BCUT2D eigenvalue weighted by Gasteiger charge is -1.83. The van der Waals surface area contributed by atoms with Crippen molar-refractivity contribution in [3.05, 3.63) is 19.2 Å². The summed E-state index contributed by atoms with van der Waals surface area (Å²) in [6, 6.07) is 0. The quantitative estimate of drug-likeness (QED) is 0.531. The summed E-state index contributed by atoms with van der Waals surface area (Å²) in [5.74, 6) is 0. The fourth-order valence-corrected chi connectivity index (χ4v) is 0.358. The number of hydrogen-bond acceptors (Lipinski definition) is 1. The van der Waals surface area contributed by atoms with Crippen LogP contribution in [0.5, 0.6) is 0 Å². The lowest BCUT2D eigenvalue weighted by atomic mass is 10.2. The zero-order valence-corrected chi connectivity index (χ0v) is 4.56. The van der Waals surface area contributed by atoms with Crippen molar-refractivity contribution in [3.8, 4) is 0 Å². The van der Waals surface area contributed by atoms with Gasteiger partial charge in [-0.3, -0.25) is 0 Å². The minimum Gasteiger partial charge on any atom is -0.405 e. The molecule has 1 heteroatoms. The van der Waals surface area contributed by atoms with Crippen molar-refractivity contribution in [2.24, 2.45) is 5.73 Å². The minimum atomic E-state index is 1.00. The van der Waals surface area contributed by atoms with Crippen molar-refractivity contribution < 1.29 is 0 Å². The molecule has 0 unspecified atom stereocenters. The van der Waals surface area contributed by atoms with Crippen LogP contribution in [0.1, 0.15) is 19.3 Å². The van der Waals surface area contributed by atoms with Crippen LogP contribution in [0.15, 0.2) is 12.3 Å². The smallest absolute Gasteiger partial charge is 0.0103 e. The van der Waals surface area contributed by atoms with Gasteiger partial charge in [0, 0.05) is 0 Å². The number of hydrogen-bond donors (Lipinski definition) is 1. The normalized spacial score (nSPS) is 10.4. The molecule has 0 heterocycles. The highest BCUT2D eigenvalue weighted by Gasteiger charge is 1.73. The van der Waals surface area contributed by atoms with Gasteiger partial charge in [0.25, 0.3) is 0 Å². The van der Waals surface area contributed by atoms with E-state index in [9.17, 15) is 0 Å². The average molecular weight is 98.2 g/mol. The van der Waals surface area contributed by atoms with Gasteiger partial charge in [0.05, 0.1) is 0 Å². The van der Waals surface area contributed by atoms with Crippen molar-refractivity contribution in [2.75, 3.05) is 0 Å². The molecule has 0 bridgehead atoms. The Morgan fingerprint density at radius 1 is 1.57 bits per heavy atom. The molecule has 0 aliphatic heterocycles. The number of allylic oxidation sites excluding steroid dienone is 1. The van der Waals surface area contributed by atoms with Crippen LogP contribution in [0.3, 0.4) is 0 Å². The van der Waals surface area contributed by atoms with Crippen molar-refractivity contribution in [2.45, 2.75) is 19.3 Å². The molecule has 0 saturated heterocycles. The molecule has 7 heavy (non-hydrogen) atoms. The topological polar surface area (TPSA) is 26.0 Å². The first kappa shape index (κ1) is 6.54. The Hall–Kier alpha value is -0.460. The summed E-state index contributed by atoms with van der Waals surface area (Å²) in [6.45, 7) is 3.68. The van der Waals surface area contributed by atoms with Gasteiger partial charge >= 0.3 is 0 Å². The van der Waals surface area contributed by atoms with Gasteiger partial charge in [-0.2, -0.15) is 0 Å². The van der Waals surface area contributed by atoms with Crippen molar-refractivity contribution >= 4 is 0 Å². The lowest BCUT2D eigenvalue weighted by Crippen LogP contribution is -1.75. The van der Waals surface area contributed by atoms with Crippen molar-refractivity contribution in [1.29, 1.82) is 0 Å². The van der Waals surface area contributed by atoms with E-state index in [0.29, 0.717) is 0 Å². The number of rotatable bonds is 3. The fourth-order valence-electron chi connectivity index (χ4n) is 0.358. The molecule has 0 aromatic rings. The highest BCUT2D eigenvalue weighted by atomic mass is 14.5. The van der Waals surface area contributed by atoms with Crippen LogP contribution in [0.2, 0.25) is 0 Å². The highest BCUT2D eigenvalue weighted by Crippen LogP contribution is 1.91. The Bertz CT molecular complexity index is 48.1. The number of unbranched alkanes of at least 4 members (excludes halogenated alkanes) is 2. The third kappa shape index (κ3) is 5.54. The molecule has 0 amide bonds. The molecule has 41 valence electrons. The van der Waals surface area contributed by atoms with Crippen LogP contribution in [0, 0.1) is 6.92 Å². The molecule has 0 aliphatic rings. The van der Waals surface area contributed by atoms with Crippen LogP contribution < -0.4 is 5.73 Å². The molecule has 0 rings (SSSR count). The van der Waals surface area contributed by atoms with E-state index in [1.807, 2.05) is 6.08 Å². The van der Waals surface area contributed by atoms with E-state index >= 15 is 0 Å². The molecule has 0 aromatic carbocycles. The van der Waals surface area contributed by atoms with E-state index < -0.39 is 0 Å². The Balaban J connectivity index is 2.69. The van der Waals surface area contributed by atoms with Crippen LogP contribution in [0.4, 0.5) is 0 Å². The van der Waals surface area contributed by atoms with Crippen LogP contribution in [-0.4, -0.2) is 0 Å². The first-order valence-electron chi connectivity index (χ1n) is 2.57. The van der Waals surface area contributed by atoms with Gasteiger partial charge in [0.15, 0.2) is 0 Å². The van der Waals surface area contributed by atoms with E-state index in [2.05, 4.69) is 6.92 Å². The third-order valence-corrected chi connectivity index (χ3v) is 0.757. The minimum absolute atomic E-state index is 1.00. The summed E-state index contributed by atoms with van der Waals surface area (Å²) in [4.78, 5) is 0. The van der Waals surface area contributed by atoms with Crippen molar-refractivity contribution in [3.63, 3.8) is 0 Å². The Morgan fingerprint density at radius 2 is 2.29 bits per heavy atom. The van der Waals surface area contributed by atoms with E-state index in [4.69, 9.17) is 5.73 Å². The van der Waals surface area contributed by atoms with Gasteiger partial charge in [0.2, 0.25) is 0 Å². The molecule has 0 aliphatic carbocycles. The van der Waals surface area contributed by atoms with Gasteiger partial charge in [-0.1, -0.05) is 19.4 Å². The average Bonchev–Trinajstić information content (AvgIpc) is 1.69. The monoisotopic (exact) mass is 98.1 g/mol. The standard InChI is InChI=1S/C6H12N/c1-2-3-4-5-6-7/h5-6H,1-4,7H2. The Labute approximate surface area is 45.2 Å². The zero-order valence-electron chi connectivity index (χ0n) is 4.56. The molecule has 0 atom stereocenters. The summed E-state index contributed by atoms with van der Waals surface area (Å²) in [7, 11) is 0. The zero-order chi connectivity index (χ0) is 5.54. The van der Waals surface area contributed by atoms with Crippen molar-refractivity contribution in [1.82, 2.24) is 0 Å². The van der Waals surface area contributed by atoms with E-state index in [1.165, 1.54) is 0 Å². The summed E-state index contributed by atoms with van der Waals surface area (Å²) in [5.41, 5.74) is 5.07. The Kier molecular flexibility index (Phi) is 5.18. The van der Waals surface area contributed by atoms with Crippen LogP contribution in [-0.2, 0) is 0 Å². The van der Waals surface area contributed by atoms with Crippen LogP contribution in [0.25, 0.3) is 0 Å². The first-order chi connectivity index (χ1) is 3.41. The third-order valence-electron chi connectivity index (χ3n) is 0.757. The second-order valence-corrected chi connectivity index (χ2v) is 1.42. The number of nitrogens with two attached hydrogens (primary N) is 1. The van der Waals surface area contributed by atoms with Gasteiger partial charge < -0.3 is 5.73 Å². The second kappa shape index (κ2) is 5.54. The molecule has 1 radical (unpaired) electrons. The maximum Gasteiger partial charge on any atom is -0.0103 e. The maximum atomic E-state index is 5.07. The Morgan fingerprint density at radius 3 is 2.71 bits per heavy atom. The largest absolute Gasteiger partial charge is 0.405 e. The maximum absolute atomic E-state index is 5.07. The molecule has 0 aromatic heterocycles. The second-order valence-electron chi connectivity index (χ2n) is 1.42.